The van der Waals surface area contributed by atoms with E-state index in [2.05, 4.69) is 36.3 Å². The highest BCUT2D eigenvalue weighted by Gasteiger charge is 2.25. The average Bonchev–Trinajstić information content (AvgIpc) is 2.49. The molecule has 1 aromatic rings. The zero-order chi connectivity index (χ0) is 10.1. The summed E-state index contributed by atoms with van der Waals surface area (Å²) >= 11 is 0. The van der Waals surface area contributed by atoms with Crippen LogP contribution in [0.15, 0.2) is 0 Å². The van der Waals surface area contributed by atoms with Crippen molar-refractivity contribution in [3.05, 3.63) is 11.3 Å². The van der Waals surface area contributed by atoms with E-state index in [0.717, 1.165) is 18.3 Å². The fourth-order valence-corrected chi connectivity index (χ4v) is 2.46. The molecule has 2 unspecified atom stereocenters. The minimum atomic E-state index is 0.633. The minimum Gasteiger partial charge on any atom is -0.369 e. The summed E-state index contributed by atoms with van der Waals surface area (Å²) in [5, 5.41) is 10.8. The van der Waals surface area contributed by atoms with Crippen LogP contribution < -0.4 is 5.32 Å². The van der Waals surface area contributed by atoms with Crippen LogP contribution >= 0.6 is 0 Å². The van der Waals surface area contributed by atoms with Crippen molar-refractivity contribution in [2.75, 3.05) is 11.9 Å². The van der Waals surface area contributed by atoms with Gasteiger partial charge in [0.15, 0.2) is 5.82 Å². The molecule has 1 aliphatic carbocycles. The second-order valence-electron chi connectivity index (χ2n) is 4.44. The number of hydrogen-bond donors (Lipinski definition) is 2. The van der Waals surface area contributed by atoms with Crippen molar-refractivity contribution in [1.29, 1.82) is 0 Å². The van der Waals surface area contributed by atoms with Crippen molar-refractivity contribution in [2.45, 2.75) is 39.5 Å². The summed E-state index contributed by atoms with van der Waals surface area (Å²) in [5.74, 6) is 2.49. The van der Waals surface area contributed by atoms with Crippen LogP contribution in [0.5, 0.6) is 0 Å². The first-order valence-electron chi connectivity index (χ1n) is 5.53. The van der Waals surface area contributed by atoms with Gasteiger partial charge in [-0.2, -0.15) is 5.10 Å². The standard InChI is InChI=1S/C11H19N3/c1-4-12-11-9-6-7(2)5-8(3)10(9)13-14-11/h7-8H,4-6H2,1-3H3,(H2,12,13,14). The molecular formula is C11H19N3. The Morgan fingerprint density at radius 2 is 2.29 bits per heavy atom. The van der Waals surface area contributed by atoms with Crippen LogP contribution in [-0.2, 0) is 6.42 Å². The molecule has 0 aliphatic heterocycles. The molecule has 1 aromatic heterocycles. The molecule has 14 heavy (non-hydrogen) atoms. The van der Waals surface area contributed by atoms with E-state index in [4.69, 9.17) is 0 Å². The maximum absolute atomic E-state index is 4.34. The molecule has 0 fully saturated rings. The van der Waals surface area contributed by atoms with Crippen molar-refractivity contribution in [1.82, 2.24) is 10.2 Å². The molecule has 1 heterocycles. The van der Waals surface area contributed by atoms with Gasteiger partial charge in [0.25, 0.3) is 0 Å². The summed E-state index contributed by atoms with van der Waals surface area (Å²) < 4.78 is 0. The Balaban J connectivity index is 2.31. The van der Waals surface area contributed by atoms with Crippen LogP contribution in [-0.4, -0.2) is 16.7 Å². The van der Waals surface area contributed by atoms with Gasteiger partial charge in [-0.25, -0.2) is 0 Å². The molecule has 3 heteroatoms. The lowest BCUT2D eigenvalue weighted by molar-refractivity contribution is 0.445. The smallest absolute Gasteiger partial charge is 0.151 e. The Labute approximate surface area is 85.3 Å². The second kappa shape index (κ2) is 3.64. The topological polar surface area (TPSA) is 40.7 Å². The fourth-order valence-electron chi connectivity index (χ4n) is 2.46. The Morgan fingerprint density at radius 3 is 3.00 bits per heavy atom. The molecule has 2 atom stereocenters. The van der Waals surface area contributed by atoms with E-state index in [0.29, 0.717) is 5.92 Å². The lowest BCUT2D eigenvalue weighted by Gasteiger charge is -2.24. The van der Waals surface area contributed by atoms with Crippen molar-refractivity contribution in [3.63, 3.8) is 0 Å². The molecule has 0 saturated heterocycles. The number of rotatable bonds is 2. The molecule has 0 bridgehead atoms. The highest BCUT2D eigenvalue weighted by Crippen LogP contribution is 2.36. The molecule has 0 radical (unpaired) electrons. The molecule has 78 valence electrons. The molecule has 0 saturated carbocycles. The molecule has 0 spiro atoms. The lowest BCUT2D eigenvalue weighted by atomic mass is 9.82. The largest absolute Gasteiger partial charge is 0.369 e. The fraction of sp³-hybridized carbons (Fsp3) is 0.727. The lowest BCUT2D eigenvalue weighted by Crippen LogP contribution is -2.15. The summed E-state index contributed by atoms with van der Waals surface area (Å²) in [5.41, 5.74) is 2.76. The number of aromatic nitrogens is 2. The summed E-state index contributed by atoms with van der Waals surface area (Å²) in [7, 11) is 0. The van der Waals surface area contributed by atoms with E-state index in [1.807, 2.05) is 0 Å². The molecule has 3 nitrogen and oxygen atoms in total. The normalized spacial score (nSPS) is 25.9. The monoisotopic (exact) mass is 193 g/mol. The molecular weight excluding hydrogens is 174 g/mol. The predicted octanol–water partition coefficient (Wildman–Crippen LogP) is 2.53. The zero-order valence-corrected chi connectivity index (χ0v) is 9.22. The van der Waals surface area contributed by atoms with Crippen molar-refractivity contribution < 1.29 is 0 Å². The van der Waals surface area contributed by atoms with Crippen molar-refractivity contribution in [3.8, 4) is 0 Å². The molecule has 2 N–H and O–H groups in total. The van der Waals surface area contributed by atoms with Gasteiger partial charge in [0, 0.05) is 17.8 Å². The first-order chi connectivity index (χ1) is 6.72. The van der Waals surface area contributed by atoms with Gasteiger partial charge >= 0.3 is 0 Å². The van der Waals surface area contributed by atoms with Crippen LogP contribution in [0.4, 0.5) is 5.82 Å². The Bertz CT molecular complexity index is 316. The van der Waals surface area contributed by atoms with Crippen LogP contribution in [0.1, 0.15) is 44.4 Å². The van der Waals surface area contributed by atoms with Crippen molar-refractivity contribution in [2.24, 2.45) is 5.92 Å². The van der Waals surface area contributed by atoms with Gasteiger partial charge in [-0.3, -0.25) is 5.10 Å². The van der Waals surface area contributed by atoms with Gasteiger partial charge in [0.2, 0.25) is 0 Å². The van der Waals surface area contributed by atoms with Crippen LogP contribution in [0, 0.1) is 5.92 Å². The summed E-state index contributed by atoms with van der Waals surface area (Å²) in [6, 6.07) is 0. The number of aromatic amines is 1. The predicted molar refractivity (Wildman–Crippen MR) is 58.7 cm³/mol. The minimum absolute atomic E-state index is 0.633. The molecule has 0 amide bonds. The highest BCUT2D eigenvalue weighted by molar-refractivity contribution is 5.48. The average molecular weight is 193 g/mol. The Hall–Kier alpha value is -0.990. The number of nitrogens with zero attached hydrogens (tertiary/aromatic N) is 1. The molecule has 2 rings (SSSR count). The van der Waals surface area contributed by atoms with Gasteiger partial charge in [-0.15, -0.1) is 0 Å². The second-order valence-corrected chi connectivity index (χ2v) is 4.44. The third kappa shape index (κ3) is 1.51. The van der Waals surface area contributed by atoms with Crippen LogP contribution in [0.3, 0.4) is 0 Å². The quantitative estimate of drug-likeness (QED) is 0.757. The van der Waals surface area contributed by atoms with E-state index < -0.39 is 0 Å². The first kappa shape index (κ1) is 9.56. The van der Waals surface area contributed by atoms with Crippen molar-refractivity contribution >= 4 is 5.82 Å². The third-order valence-corrected chi connectivity index (χ3v) is 3.04. The van der Waals surface area contributed by atoms with Crippen LogP contribution in [0.25, 0.3) is 0 Å². The SMILES string of the molecule is CCNc1n[nH]c2c1CC(C)CC2C. The highest BCUT2D eigenvalue weighted by atomic mass is 15.2. The summed E-state index contributed by atoms with van der Waals surface area (Å²) in [6.07, 6.45) is 2.44. The number of fused-ring (bicyclic) bond motifs is 1. The van der Waals surface area contributed by atoms with Crippen LogP contribution in [0.2, 0.25) is 0 Å². The van der Waals surface area contributed by atoms with E-state index in [9.17, 15) is 0 Å². The Kier molecular flexibility index (Phi) is 2.48. The van der Waals surface area contributed by atoms with E-state index in [1.165, 1.54) is 24.1 Å². The molecule has 1 aliphatic rings. The number of anilines is 1. The number of hydrogen-bond acceptors (Lipinski definition) is 2. The van der Waals surface area contributed by atoms with Gasteiger partial charge in [0.1, 0.15) is 0 Å². The van der Waals surface area contributed by atoms with Gasteiger partial charge in [0.05, 0.1) is 0 Å². The van der Waals surface area contributed by atoms with Gasteiger partial charge < -0.3 is 5.32 Å². The Morgan fingerprint density at radius 1 is 1.50 bits per heavy atom. The third-order valence-electron chi connectivity index (χ3n) is 3.04. The van der Waals surface area contributed by atoms with E-state index in [-0.39, 0.29) is 0 Å². The summed E-state index contributed by atoms with van der Waals surface area (Å²) in [6.45, 7) is 7.65. The van der Waals surface area contributed by atoms with E-state index >= 15 is 0 Å². The maximum atomic E-state index is 4.34. The maximum Gasteiger partial charge on any atom is 0.151 e. The number of H-pyrrole nitrogens is 1. The van der Waals surface area contributed by atoms with E-state index in [1.54, 1.807) is 0 Å². The van der Waals surface area contributed by atoms with Gasteiger partial charge in [-0.05, 0) is 31.6 Å². The summed E-state index contributed by atoms with van der Waals surface area (Å²) in [4.78, 5) is 0. The first-order valence-corrected chi connectivity index (χ1v) is 5.53. The molecule has 0 aromatic carbocycles. The number of nitrogens with one attached hydrogen (secondary N) is 2. The zero-order valence-electron chi connectivity index (χ0n) is 9.22. The van der Waals surface area contributed by atoms with Gasteiger partial charge in [-0.1, -0.05) is 13.8 Å².